The first-order valence-corrected chi connectivity index (χ1v) is 21.7. The zero-order valence-electron chi connectivity index (χ0n) is 33.3. The van der Waals surface area contributed by atoms with E-state index < -0.39 is 0 Å². The van der Waals surface area contributed by atoms with Crippen LogP contribution in [-0.2, 0) is 0 Å². The summed E-state index contributed by atoms with van der Waals surface area (Å²) in [7, 11) is 0. The van der Waals surface area contributed by atoms with Crippen molar-refractivity contribution in [3.05, 3.63) is 206 Å². The zero-order valence-corrected chi connectivity index (χ0v) is 34.1. The second-order valence-corrected chi connectivity index (χ2v) is 17.1. The lowest BCUT2D eigenvalue weighted by atomic mass is 9.91. The molecule has 0 N–H and O–H groups in total. The van der Waals surface area contributed by atoms with Crippen molar-refractivity contribution in [1.82, 2.24) is 19.5 Å². The van der Waals surface area contributed by atoms with Gasteiger partial charge in [-0.1, -0.05) is 164 Å². The Morgan fingerprint density at radius 1 is 0.274 bits per heavy atom. The molecule has 3 aromatic heterocycles. The van der Waals surface area contributed by atoms with Gasteiger partial charge in [-0.25, -0.2) is 4.98 Å². The van der Waals surface area contributed by atoms with E-state index in [0.29, 0.717) is 17.6 Å². The Hall–Kier alpha value is -7.99. The lowest BCUT2D eigenvalue weighted by molar-refractivity contribution is 0.954. The third-order valence-electron chi connectivity index (χ3n) is 12.4. The quantitative estimate of drug-likeness (QED) is 0.163. The fraction of sp³-hybridized carbons (Fsp3) is 0. The average Bonchev–Trinajstić information content (AvgIpc) is 3.88. The molecule has 13 aromatic rings. The molecule has 0 saturated heterocycles. The predicted molar refractivity (Wildman–Crippen MR) is 261 cm³/mol. The van der Waals surface area contributed by atoms with Gasteiger partial charge in [0.2, 0.25) is 5.95 Å². The number of fused-ring (bicyclic) bond motifs is 12. The molecule has 288 valence electrons. The highest BCUT2D eigenvalue weighted by atomic mass is 32.1. The first kappa shape index (κ1) is 34.8. The molecule has 0 spiro atoms. The van der Waals surface area contributed by atoms with E-state index in [1.807, 2.05) is 47.7 Å². The van der Waals surface area contributed by atoms with Gasteiger partial charge in [-0.15, -0.1) is 11.3 Å². The first-order valence-electron chi connectivity index (χ1n) is 20.9. The Morgan fingerprint density at radius 3 is 1.44 bits per heavy atom. The van der Waals surface area contributed by atoms with Crippen LogP contribution in [0.5, 0.6) is 0 Å². The average molecular weight is 807 g/mol. The fourth-order valence-corrected chi connectivity index (χ4v) is 10.6. The highest BCUT2D eigenvalue weighted by molar-refractivity contribution is 7.25. The molecule has 4 nitrogen and oxygen atoms in total. The van der Waals surface area contributed by atoms with Gasteiger partial charge in [0, 0.05) is 42.1 Å². The maximum atomic E-state index is 5.27. The summed E-state index contributed by atoms with van der Waals surface area (Å²) in [5.41, 5.74) is 8.71. The number of nitrogens with zero attached hydrogens (tertiary/aromatic N) is 4. The third-order valence-corrected chi connectivity index (χ3v) is 13.6. The summed E-state index contributed by atoms with van der Waals surface area (Å²) in [6.45, 7) is 0. The molecule has 10 aromatic carbocycles. The van der Waals surface area contributed by atoms with Crippen molar-refractivity contribution in [3.63, 3.8) is 0 Å². The molecule has 0 saturated carbocycles. The van der Waals surface area contributed by atoms with Gasteiger partial charge in [0.1, 0.15) is 0 Å². The molecule has 0 aliphatic rings. The molecule has 0 radical (unpaired) electrons. The monoisotopic (exact) mass is 806 g/mol. The Kier molecular flexibility index (Phi) is 7.74. The summed E-state index contributed by atoms with van der Waals surface area (Å²) in [5, 5.41) is 12.2. The smallest absolute Gasteiger partial charge is 0.238 e. The first-order chi connectivity index (χ1) is 30.7. The van der Waals surface area contributed by atoms with Gasteiger partial charge >= 0.3 is 0 Å². The topological polar surface area (TPSA) is 43.6 Å². The van der Waals surface area contributed by atoms with E-state index in [-0.39, 0.29) is 0 Å². The molecule has 0 aliphatic heterocycles. The maximum absolute atomic E-state index is 5.27. The van der Waals surface area contributed by atoms with Gasteiger partial charge in [0.25, 0.3) is 0 Å². The fourth-order valence-electron chi connectivity index (χ4n) is 9.47. The van der Waals surface area contributed by atoms with Crippen LogP contribution >= 0.6 is 11.3 Å². The van der Waals surface area contributed by atoms with Crippen LogP contribution in [0.2, 0.25) is 0 Å². The van der Waals surface area contributed by atoms with Crippen LogP contribution in [0.15, 0.2) is 206 Å². The van der Waals surface area contributed by atoms with Crippen molar-refractivity contribution in [1.29, 1.82) is 0 Å². The highest BCUT2D eigenvalue weighted by Crippen LogP contribution is 2.43. The molecule has 5 heteroatoms. The van der Waals surface area contributed by atoms with Crippen LogP contribution in [0.4, 0.5) is 0 Å². The molecule has 62 heavy (non-hydrogen) atoms. The molecule has 0 aliphatic carbocycles. The van der Waals surface area contributed by atoms with Crippen molar-refractivity contribution >= 4 is 85.6 Å². The second-order valence-electron chi connectivity index (χ2n) is 16.0. The molecule has 13 rings (SSSR count). The Balaban J connectivity index is 1.10. The molecule has 0 atom stereocenters. The molecular weight excluding hydrogens is 773 g/mol. The summed E-state index contributed by atoms with van der Waals surface area (Å²) < 4.78 is 4.87. The number of hydrogen-bond acceptors (Lipinski definition) is 4. The lowest BCUT2D eigenvalue weighted by Crippen LogP contribution is -2.06. The minimum Gasteiger partial charge on any atom is -0.278 e. The van der Waals surface area contributed by atoms with Gasteiger partial charge in [-0.2, -0.15) is 9.97 Å². The largest absolute Gasteiger partial charge is 0.278 e. The van der Waals surface area contributed by atoms with Crippen LogP contribution in [0.1, 0.15) is 0 Å². The van der Waals surface area contributed by atoms with Crippen molar-refractivity contribution in [2.24, 2.45) is 0 Å². The number of hydrogen-bond donors (Lipinski definition) is 0. The van der Waals surface area contributed by atoms with E-state index in [1.165, 1.54) is 69.2 Å². The summed E-state index contributed by atoms with van der Waals surface area (Å²) in [6, 6.07) is 74.1. The number of thiophene rings is 1. The summed E-state index contributed by atoms with van der Waals surface area (Å²) in [6.07, 6.45) is 0. The van der Waals surface area contributed by atoms with Crippen LogP contribution in [-0.4, -0.2) is 19.5 Å². The van der Waals surface area contributed by atoms with E-state index in [2.05, 4.69) is 174 Å². The summed E-state index contributed by atoms with van der Waals surface area (Å²) >= 11 is 1.86. The Morgan fingerprint density at radius 2 is 0.742 bits per heavy atom. The molecule has 0 amide bonds. The van der Waals surface area contributed by atoms with Crippen LogP contribution < -0.4 is 0 Å². The number of aromatic nitrogens is 4. The minimum atomic E-state index is 0.577. The molecule has 0 fully saturated rings. The van der Waals surface area contributed by atoms with E-state index in [1.54, 1.807) is 0 Å². The van der Waals surface area contributed by atoms with Gasteiger partial charge < -0.3 is 0 Å². The van der Waals surface area contributed by atoms with E-state index in [0.717, 1.165) is 38.5 Å². The standard InChI is InChI=1S/C57H34N4S/c1-4-14-35(15-5-1)38-26-29-51-49(31-38)50-33-47-42-21-11-10-20-41(42)46-30-39(40-25-28-45-44-22-12-13-23-53(44)62-54(45)32-40)24-27-43(46)48(47)34-52(50)61(51)57-59-55(36-16-6-2-7-17-36)58-56(60-57)37-18-8-3-9-19-37/h1-34H. The van der Waals surface area contributed by atoms with Crippen molar-refractivity contribution in [3.8, 4) is 51.0 Å². The van der Waals surface area contributed by atoms with Gasteiger partial charge in [0.15, 0.2) is 11.6 Å². The van der Waals surface area contributed by atoms with Gasteiger partial charge in [-0.3, -0.25) is 4.57 Å². The lowest BCUT2D eigenvalue weighted by Gasteiger charge is -2.14. The summed E-state index contributed by atoms with van der Waals surface area (Å²) in [4.78, 5) is 15.6. The van der Waals surface area contributed by atoms with E-state index in [9.17, 15) is 0 Å². The highest BCUT2D eigenvalue weighted by Gasteiger charge is 2.21. The Labute approximate surface area is 360 Å². The predicted octanol–water partition coefficient (Wildman–Crippen LogP) is 15.5. The third kappa shape index (κ3) is 5.49. The van der Waals surface area contributed by atoms with Crippen LogP contribution in [0.3, 0.4) is 0 Å². The van der Waals surface area contributed by atoms with Crippen LogP contribution in [0, 0.1) is 0 Å². The molecular formula is C57H34N4S. The normalized spacial score (nSPS) is 11.9. The maximum Gasteiger partial charge on any atom is 0.238 e. The molecule has 0 bridgehead atoms. The molecule has 3 heterocycles. The van der Waals surface area contributed by atoms with Gasteiger partial charge in [0.05, 0.1) is 11.0 Å². The van der Waals surface area contributed by atoms with Crippen molar-refractivity contribution in [2.45, 2.75) is 0 Å². The number of rotatable bonds is 5. The summed E-state index contributed by atoms with van der Waals surface area (Å²) in [5.74, 6) is 1.83. The van der Waals surface area contributed by atoms with Crippen molar-refractivity contribution < 1.29 is 0 Å². The number of benzene rings is 10. The minimum absolute atomic E-state index is 0.577. The second kappa shape index (κ2) is 13.8. The van der Waals surface area contributed by atoms with Gasteiger partial charge in [-0.05, 0) is 97.0 Å². The SMILES string of the molecule is c1ccc(-c2ccc3c(c2)c2cc4c5ccccc5c5cc(-c6ccc7c(c6)sc6ccccc67)ccc5c4cc2n3-c2nc(-c3ccccc3)nc(-c3ccccc3)n2)cc1. The van der Waals surface area contributed by atoms with Crippen molar-refractivity contribution in [2.75, 3.05) is 0 Å². The Bertz CT molecular complexity index is 3850. The van der Waals surface area contributed by atoms with E-state index in [4.69, 9.17) is 15.0 Å². The zero-order chi connectivity index (χ0) is 40.7. The van der Waals surface area contributed by atoms with E-state index >= 15 is 0 Å². The van der Waals surface area contributed by atoms with Crippen LogP contribution in [0.25, 0.3) is 125 Å². The molecule has 0 unspecified atom stereocenters.